The van der Waals surface area contributed by atoms with Gasteiger partial charge in [0.05, 0.1) is 11.2 Å². The van der Waals surface area contributed by atoms with Gasteiger partial charge in [-0.15, -0.1) is 0 Å². The molecule has 0 unspecified atom stereocenters. The van der Waals surface area contributed by atoms with Crippen LogP contribution in [-0.2, 0) is 0 Å². The lowest BCUT2D eigenvalue weighted by molar-refractivity contribution is 1.32. The molecule has 0 amide bonds. The monoisotopic (exact) mass is 287 g/mol. The average Bonchev–Trinajstić information content (AvgIpc) is 2.53. The van der Waals surface area contributed by atoms with Crippen LogP contribution in [0.15, 0.2) is 60.8 Å². The van der Waals surface area contributed by atoms with Gasteiger partial charge < -0.3 is 5.73 Å². The number of rotatable bonds is 3. The number of hydrogen-bond acceptors (Lipinski definition) is 3. The maximum absolute atomic E-state index is 5.55. The Morgan fingerprint density at radius 3 is 2.64 bits per heavy atom. The van der Waals surface area contributed by atoms with Crippen molar-refractivity contribution in [3.8, 4) is 0 Å². The molecule has 2 aromatic heterocycles. The third-order valence-corrected chi connectivity index (χ3v) is 3.34. The predicted octanol–water partition coefficient (Wildman–Crippen LogP) is 4.25. The summed E-state index contributed by atoms with van der Waals surface area (Å²) in [4.78, 5) is 8.67. The van der Waals surface area contributed by atoms with Crippen LogP contribution < -0.4 is 5.73 Å². The number of nitrogen functional groups attached to an aromatic ring is 1. The van der Waals surface area contributed by atoms with Gasteiger partial charge in [-0.25, -0.2) is 9.97 Å². The smallest absolute Gasteiger partial charge is 0.123 e. The van der Waals surface area contributed by atoms with E-state index in [9.17, 15) is 0 Å². The first-order chi connectivity index (χ1) is 10.7. The molecular formula is C19H17N3. The number of anilines is 1. The highest BCUT2D eigenvalue weighted by Crippen LogP contribution is 2.15. The molecule has 0 atom stereocenters. The van der Waals surface area contributed by atoms with Gasteiger partial charge >= 0.3 is 0 Å². The normalized spacial score (nSPS) is 11.7. The Morgan fingerprint density at radius 2 is 1.82 bits per heavy atom. The van der Waals surface area contributed by atoms with Crippen molar-refractivity contribution in [1.29, 1.82) is 0 Å². The maximum Gasteiger partial charge on any atom is 0.123 e. The van der Waals surface area contributed by atoms with Gasteiger partial charge in [-0.2, -0.15) is 0 Å². The van der Waals surface area contributed by atoms with Crippen molar-refractivity contribution >= 4 is 28.9 Å². The number of benzene rings is 1. The molecule has 0 aliphatic rings. The van der Waals surface area contributed by atoms with E-state index >= 15 is 0 Å². The zero-order valence-corrected chi connectivity index (χ0v) is 12.4. The first-order valence-electron chi connectivity index (χ1n) is 7.14. The summed E-state index contributed by atoms with van der Waals surface area (Å²) in [6, 6.07) is 14.1. The van der Waals surface area contributed by atoms with Crippen molar-refractivity contribution in [2.24, 2.45) is 0 Å². The van der Waals surface area contributed by atoms with Crippen LogP contribution in [0.25, 0.3) is 23.1 Å². The van der Waals surface area contributed by atoms with Crippen molar-refractivity contribution in [2.75, 3.05) is 5.73 Å². The van der Waals surface area contributed by atoms with E-state index in [1.54, 1.807) is 12.3 Å². The van der Waals surface area contributed by atoms with E-state index in [0.717, 1.165) is 16.8 Å². The van der Waals surface area contributed by atoms with E-state index in [0.29, 0.717) is 5.82 Å². The Kier molecular flexibility index (Phi) is 3.97. The fourth-order valence-corrected chi connectivity index (χ4v) is 2.19. The van der Waals surface area contributed by atoms with Gasteiger partial charge in [-0.1, -0.05) is 35.9 Å². The van der Waals surface area contributed by atoms with Gasteiger partial charge in [0, 0.05) is 11.6 Å². The number of allylic oxidation sites excluding steroid dienone is 2. The first kappa shape index (κ1) is 14.0. The molecule has 2 heterocycles. The fraction of sp³-hybridized carbons (Fsp3) is 0.0526. The lowest BCUT2D eigenvalue weighted by Crippen LogP contribution is -1.87. The maximum atomic E-state index is 5.55. The standard InChI is InChI=1S/C19H17N3/c1-14-6-10-18-16(12-14)8-9-17(22-18)5-3-2-4-15-7-11-19(20)21-13-15/h2-13H,1H3,(H2,20,21)/b4-2+,5-3+. The molecule has 0 bridgehead atoms. The third kappa shape index (κ3) is 3.38. The van der Waals surface area contributed by atoms with Crippen LogP contribution in [0.5, 0.6) is 0 Å². The highest BCUT2D eigenvalue weighted by Gasteiger charge is 1.96. The van der Waals surface area contributed by atoms with E-state index in [1.165, 1.54) is 10.9 Å². The molecule has 0 spiro atoms. The summed E-state index contributed by atoms with van der Waals surface area (Å²) >= 11 is 0. The van der Waals surface area contributed by atoms with Crippen LogP contribution in [0.3, 0.4) is 0 Å². The molecule has 108 valence electrons. The second-order valence-corrected chi connectivity index (χ2v) is 5.17. The number of nitrogens with two attached hydrogens (primary N) is 1. The topological polar surface area (TPSA) is 51.8 Å². The predicted molar refractivity (Wildman–Crippen MR) is 93.2 cm³/mol. The summed E-state index contributed by atoms with van der Waals surface area (Å²) < 4.78 is 0. The highest BCUT2D eigenvalue weighted by molar-refractivity contribution is 5.80. The zero-order chi connectivity index (χ0) is 15.4. The van der Waals surface area contributed by atoms with E-state index in [2.05, 4.69) is 41.2 Å². The van der Waals surface area contributed by atoms with Gasteiger partial charge in [0.1, 0.15) is 5.82 Å². The second-order valence-electron chi connectivity index (χ2n) is 5.17. The summed E-state index contributed by atoms with van der Waals surface area (Å²) in [5.74, 6) is 0.531. The highest BCUT2D eigenvalue weighted by atomic mass is 14.8. The van der Waals surface area contributed by atoms with Gasteiger partial charge in [0.25, 0.3) is 0 Å². The van der Waals surface area contributed by atoms with Crippen LogP contribution in [0, 0.1) is 6.92 Å². The minimum atomic E-state index is 0.531. The minimum absolute atomic E-state index is 0.531. The average molecular weight is 287 g/mol. The molecule has 22 heavy (non-hydrogen) atoms. The molecule has 0 saturated heterocycles. The molecule has 2 N–H and O–H groups in total. The van der Waals surface area contributed by atoms with Gasteiger partial charge in [0.15, 0.2) is 0 Å². The number of pyridine rings is 2. The Bertz CT molecular complexity index is 846. The number of hydrogen-bond donors (Lipinski definition) is 1. The van der Waals surface area contributed by atoms with Crippen molar-refractivity contribution in [1.82, 2.24) is 9.97 Å². The number of nitrogens with zero attached hydrogens (tertiary/aromatic N) is 2. The largest absolute Gasteiger partial charge is 0.384 e. The summed E-state index contributed by atoms with van der Waals surface area (Å²) in [7, 11) is 0. The number of fused-ring (bicyclic) bond motifs is 1. The lowest BCUT2D eigenvalue weighted by Gasteiger charge is -2.00. The Morgan fingerprint density at radius 1 is 0.955 bits per heavy atom. The van der Waals surface area contributed by atoms with Crippen LogP contribution in [-0.4, -0.2) is 9.97 Å². The molecule has 3 heteroatoms. The van der Waals surface area contributed by atoms with E-state index < -0.39 is 0 Å². The van der Waals surface area contributed by atoms with Crippen LogP contribution in [0.4, 0.5) is 5.82 Å². The minimum Gasteiger partial charge on any atom is -0.384 e. The van der Waals surface area contributed by atoms with Gasteiger partial charge in [-0.05, 0) is 48.9 Å². The van der Waals surface area contributed by atoms with Gasteiger partial charge in [-0.3, -0.25) is 0 Å². The number of aromatic nitrogens is 2. The Labute approximate surface area is 129 Å². The van der Waals surface area contributed by atoms with Crippen LogP contribution >= 0.6 is 0 Å². The zero-order valence-electron chi connectivity index (χ0n) is 12.4. The van der Waals surface area contributed by atoms with E-state index in [1.807, 2.05) is 36.4 Å². The fourth-order valence-electron chi connectivity index (χ4n) is 2.19. The molecule has 0 fully saturated rings. The lowest BCUT2D eigenvalue weighted by atomic mass is 10.1. The SMILES string of the molecule is Cc1ccc2nc(/C=C/C=C/c3ccc(N)nc3)ccc2c1. The first-order valence-corrected chi connectivity index (χ1v) is 7.14. The summed E-state index contributed by atoms with van der Waals surface area (Å²) in [5.41, 5.74) is 9.77. The molecule has 1 aromatic carbocycles. The summed E-state index contributed by atoms with van der Waals surface area (Å²) in [6.45, 7) is 2.09. The van der Waals surface area contributed by atoms with Gasteiger partial charge in [0.2, 0.25) is 0 Å². The molecule has 0 saturated carbocycles. The molecule has 3 aromatic rings. The second kappa shape index (κ2) is 6.22. The van der Waals surface area contributed by atoms with Crippen molar-refractivity contribution in [2.45, 2.75) is 6.92 Å². The van der Waals surface area contributed by atoms with Crippen molar-refractivity contribution in [3.05, 3.63) is 77.6 Å². The number of aryl methyl sites for hydroxylation is 1. The van der Waals surface area contributed by atoms with Crippen LogP contribution in [0.2, 0.25) is 0 Å². The quantitative estimate of drug-likeness (QED) is 0.733. The Balaban J connectivity index is 1.74. The van der Waals surface area contributed by atoms with Crippen molar-refractivity contribution in [3.63, 3.8) is 0 Å². The van der Waals surface area contributed by atoms with Crippen LogP contribution in [0.1, 0.15) is 16.8 Å². The molecule has 3 nitrogen and oxygen atoms in total. The molecule has 0 aliphatic carbocycles. The summed E-state index contributed by atoms with van der Waals surface area (Å²) in [6.07, 6.45) is 9.65. The molecule has 0 radical (unpaired) electrons. The summed E-state index contributed by atoms with van der Waals surface area (Å²) in [5, 5.41) is 1.17. The van der Waals surface area contributed by atoms with E-state index in [4.69, 9.17) is 5.73 Å². The third-order valence-electron chi connectivity index (χ3n) is 3.34. The molecule has 3 rings (SSSR count). The van der Waals surface area contributed by atoms with Crippen molar-refractivity contribution < 1.29 is 0 Å². The Hall–Kier alpha value is -2.94. The molecule has 0 aliphatic heterocycles. The van der Waals surface area contributed by atoms with E-state index in [-0.39, 0.29) is 0 Å². The molecular weight excluding hydrogens is 270 g/mol.